The van der Waals surface area contributed by atoms with Gasteiger partial charge < -0.3 is 15.8 Å². The fourth-order valence-electron chi connectivity index (χ4n) is 1.74. The van der Waals surface area contributed by atoms with E-state index in [1.165, 1.54) is 0 Å². The van der Waals surface area contributed by atoms with Gasteiger partial charge in [0.25, 0.3) is 0 Å². The smallest absolute Gasteiger partial charge is 0.387 e. The lowest BCUT2D eigenvalue weighted by atomic mass is 10.2. The quantitative estimate of drug-likeness (QED) is 0.803. The van der Waals surface area contributed by atoms with Gasteiger partial charge in [-0.3, -0.25) is 0 Å². The number of hydrogen-bond donors (Lipinski definition) is 2. The number of nitrogens with two attached hydrogens (primary N) is 1. The van der Waals surface area contributed by atoms with Gasteiger partial charge in [-0.15, -0.1) is 0 Å². The van der Waals surface area contributed by atoms with E-state index in [-0.39, 0.29) is 11.4 Å². The highest BCUT2D eigenvalue weighted by Gasteiger charge is 2.14. The lowest BCUT2D eigenvalue weighted by Crippen LogP contribution is -2.06. The Morgan fingerprint density at radius 1 is 1.19 bits per heavy atom. The summed E-state index contributed by atoms with van der Waals surface area (Å²) in [4.78, 5) is 0. The molecule has 2 aromatic carbocycles. The predicted octanol–water partition coefficient (Wildman–Crippen LogP) is 4.71. The molecule has 0 fully saturated rings. The molecule has 0 saturated heterocycles. The number of anilines is 3. The van der Waals surface area contributed by atoms with Gasteiger partial charge in [-0.1, -0.05) is 17.7 Å². The van der Waals surface area contributed by atoms with Crippen LogP contribution in [-0.4, -0.2) is 6.61 Å². The van der Waals surface area contributed by atoms with E-state index in [1.807, 2.05) is 13.0 Å². The normalized spacial score (nSPS) is 10.8. The Bertz CT molecular complexity index is 665. The molecule has 0 unspecified atom stereocenters. The van der Waals surface area contributed by atoms with Gasteiger partial charge in [0.05, 0.1) is 22.1 Å². The predicted molar refractivity (Wildman–Crippen MR) is 76.9 cm³/mol. The van der Waals surface area contributed by atoms with E-state index in [0.29, 0.717) is 10.7 Å². The fourth-order valence-corrected chi connectivity index (χ4v) is 1.91. The number of rotatable bonds is 4. The number of benzene rings is 2. The average Bonchev–Trinajstić information content (AvgIpc) is 2.39. The molecule has 7 heteroatoms. The highest BCUT2D eigenvalue weighted by molar-refractivity contribution is 6.33. The summed E-state index contributed by atoms with van der Waals surface area (Å²) < 4.78 is 42.0. The highest BCUT2D eigenvalue weighted by atomic mass is 35.5. The van der Waals surface area contributed by atoms with Crippen molar-refractivity contribution in [1.82, 2.24) is 0 Å². The number of ether oxygens (including phenoxy) is 1. The zero-order chi connectivity index (χ0) is 15.6. The molecule has 0 saturated carbocycles. The van der Waals surface area contributed by atoms with Crippen molar-refractivity contribution in [3.05, 3.63) is 46.7 Å². The standard InChI is InChI=1S/C14H12ClF3N2O/c1-7-2-3-8(15)11(4-7)20-12-6-13(21-14(17)18)9(16)5-10(12)19/h2-6,14,20H,19H2,1H3. The molecule has 112 valence electrons. The minimum absolute atomic E-state index is 0.0479. The molecule has 21 heavy (non-hydrogen) atoms. The first-order valence-corrected chi connectivity index (χ1v) is 6.31. The van der Waals surface area contributed by atoms with E-state index in [4.69, 9.17) is 17.3 Å². The summed E-state index contributed by atoms with van der Waals surface area (Å²) in [5.74, 6) is -1.56. The molecule has 2 aromatic rings. The monoisotopic (exact) mass is 316 g/mol. The first-order chi connectivity index (χ1) is 9.86. The van der Waals surface area contributed by atoms with Crippen LogP contribution in [0.1, 0.15) is 5.56 Å². The topological polar surface area (TPSA) is 47.3 Å². The average molecular weight is 317 g/mol. The fraction of sp³-hybridized carbons (Fsp3) is 0.143. The third-order valence-electron chi connectivity index (χ3n) is 2.71. The summed E-state index contributed by atoms with van der Waals surface area (Å²) in [7, 11) is 0. The van der Waals surface area contributed by atoms with Crippen molar-refractivity contribution >= 4 is 28.7 Å². The summed E-state index contributed by atoms with van der Waals surface area (Å²) in [5.41, 5.74) is 7.40. The number of aryl methyl sites for hydroxylation is 1. The third-order valence-corrected chi connectivity index (χ3v) is 3.04. The number of nitrogens with one attached hydrogen (secondary N) is 1. The van der Waals surface area contributed by atoms with Crippen LogP contribution in [0.3, 0.4) is 0 Å². The Labute approximate surface area is 124 Å². The maximum atomic E-state index is 13.5. The van der Waals surface area contributed by atoms with Crippen molar-refractivity contribution in [2.75, 3.05) is 11.1 Å². The van der Waals surface area contributed by atoms with Crippen LogP contribution in [0, 0.1) is 12.7 Å². The summed E-state index contributed by atoms with van der Waals surface area (Å²) in [6, 6.07) is 7.21. The molecule has 0 aromatic heterocycles. The second-order valence-electron chi connectivity index (χ2n) is 4.36. The molecular formula is C14H12ClF3N2O. The Kier molecular flexibility index (Phi) is 4.47. The third kappa shape index (κ3) is 3.72. The van der Waals surface area contributed by atoms with E-state index >= 15 is 0 Å². The van der Waals surface area contributed by atoms with E-state index in [1.54, 1.807) is 12.1 Å². The van der Waals surface area contributed by atoms with E-state index < -0.39 is 18.2 Å². The largest absolute Gasteiger partial charge is 0.432 e. The van der Waals surface area contributed by atoms with Crippen molar-refractivity contribution in [2.24, 2.45) is 0 Å². The van der Waals surface area contributed by atoms with Gasteiger partial charge >= 0.3 is 6.61 Å². The summed E-state index contributed by atoms with van der Waals surface area (Å²) >= 11 is 6.03. The minimum atomic E-state index is -3.13. The molecule has 0 spiro atoms. The van der Waals surface area contributed by atoms with Gasteiger partial charge in [-0.2, -0.15) is 8.78 Å². The van der Waals surface area contributed by atoms with Crippen LogP contribution in [0.15, 0.2) is 30.3 Å². The number of alkyl halides is 2. The summed E-state index contributed by atoms with van der Waals surface area (Å²) in [6.07, 6.45) is 0. The van der Waals surface area contributed by atoms with Gasteiger partial charge in [0, 0.05) is 12.1 Å². The van der Waals surface area contributed by atoms with Crippen LogP contribution < -0.4 is 15.8 Å². The van der Waals surface area contributed by atoms with Gasteiger partial charge in [0.1, 0.15) is 0 Å². The molecule has 0 aliphatic carbocycles. The Morgan fingerprint density at radius 2 is 1.90 bits per heavy atom. The molecule has 0 bridgehead atoms. The van der Waals surface area contributed by atoms with Crippen LogP contribution >= 0.6 is 11.6 Å². The molecule has 0 aliphatic rings. The highest BCUT2D eigenvalue weighted by Crippen LogP contribution is 2.33. The Morgan fingerprint density at radius 3 is 2.57 bits per heavy atom. The summed E-state index contributed by atoms with van der Waals surface area (Å²) in [6.45, 7) is -1.26. The molecular weight excluding hydrogens is 305 g/mol. The molecule has 0 aliphatic heterocycles. The Balaban J connectivity index is 2.37. The zero-order valence-electron chi connectivity index (χ0n) is 11.0. The van der Waals surface area contributed by atoms with E-state index in [9.17, 15) is 13.2 Å². The second kappa shape index (κ2) is 6.13. The van der Waals surface area contributed by atoms with Gasteiger partial charge in [-0.05, 0) is 24.6 Å². The molecule has 0 amide bonds. The van der Waals surface area contributed by atoms with E-state index in [2.05, 4.69) is 10.1 Å². The van der Waals surface area contributed by atoms with Crippen molar-refractivity contribution in [2.45, 2.75) is 13.5 Å². The van der Waals surface area contributed by atoms with Crippen molar-refractivity contribution in [1.29, 1.82) is 0 Å². The van der Waals surface area contributed by atoms with Gasteiger partial charge in [-0.25, -0.2) is 4.39 Å². The van der Waals surface area contributed by atoms with Crippen LogP contribution in [0.5, 0.6) is 5.75 Å². The number of hydrogen-bond acceptors (Lipinski definition) is 3. The first-order valence-electron chi connectivity index (χ1n) is 5.94. The van der Waals surface area contributed by atoms with Crippen LogP contribution in [-0.2, 0) is 0 Å². The van der Waals surface area contributed by atoms with Crippen molar-refractivity contribution in [3.63, 3.8) is 0 Å². The molecule has 2 rings (SSSR count). The maximum absolute atomic E-state index is 13.5. The SMILES string of the molecule is Cc1ccc(Cl)c(Nc2cc(OC(F)F)c(F)cc2N)c1. The van der Waals surface area contributed by atoms with Crippen molar-refractivity contribution in [3.8, 4) is 5.75 Å². The lowest BCUT2D eigenvalue weighted by Gasteiger charge is -2.14. The molecule has 0 radical (unpaired) electrons. The zero-order valence-corrected chi connectivity index (χ0v) is 11.7. The van der Waals surface area contributed by atoms with Crippen molar-refractivity contribution < 1.29 is 17.9 Å². The van der Waals surface area contributed by atoms with Gasteiger partial charge in [0.15, 0.2) is 11.6 Å². The molecule has 0 heterocycles. The first kappa shape index (κ1) is 15.3. The molecule has 3 nitrogen and oxygen atoms in total. The maximum Gasteiger partial charge on any atom is 0.387 e. The van der Waals surface area contributed by atoms with Crippen LogP contribution in [0.4, 0.5) is 30.2 Å². The van der Waals surface area contributed by atoms with E-state index in [0.717, 1.165) is 17.7 Å². The van der Waals surface area contributed by atoms with Crippen LogP contribution in [0.25, 0.3) is 0 Å². The number of halogens is 4. The number of nitrogen functional groups attached to an aromatic ring is 1. The Hall–Kier alpha value is -2.08. The molecule has 3 N–H and O–H groups in total. The minimum Gasteiger partial charge on any atom is -0.432 e. The summed E-state index contributed by atoms with van der Waals surface area (Å²) in [5, 5.41) is 3.29. The van der Waals surface area contributed by atoms with Gasteiger partial charge in [0.2, 0.25) is 0 Å². The lowest BCUT2D eigenvalue weighted by molar-refractivity contribution is -0.0521. The molecule has 0 atom stereocenters. The second-order valence-corrected chi connectivity index (χ2v) is 4.76. The van der Waals surface area contributed by atoms with Crippen LogP contribution in [0.2, 0.25) is 5.02 Å².